The molecule has 0 aliphatic carbocycles. The molecule has 0 saturated heterocycles. The van der Waals surface area contributed by atoms with Crippen molar-refractivity contribution >= 4 is 23.6 Å². The smallest absolute Gasteiger partial charge is 0.373 e. The van der Waals surface area contributed by atoms with Gasteiger partial charge in [-0.2, -0.15) is 0 Å². The van der Waals surface area contributed by atoms with E-state index in [1.54, 1.807) is 18.2 Å². The molecule has 0 amide bonds. The molecular formula is C10H11ClO3. The minimum absolute atomic E-state index is 0.195. The second kappa shape index (κ2) is 4.86. The zero-order valence-electron chi connectivity index (χ0n) is 8.04. The predicted octanol–water partition coefficient (Wildman–Crippen LogP) is 2.71. The van der Waals surface area contributed by atoms with Crippen molar-refractivity contribution in [3.8, 4) is 0 Å². The number of halogens is 1. The fourth-order valence-electron chi connectivity index (χ4n) is 0.922. The molecule has 0 saturated carbocycles. The van der Waals surface area contributed by atoms with Crippen LogP contribution in [-0.4, -0.2) is 19.0 Å². The highest BCUT2D eigenvalue weighted by Gasteiger charge is 2.09. The van der Waals surface area contributed by atoms with E-state index < -0.39 is 5.97 Å². The molecule has 0 unspecified atom stereocenters. The number of carbonyl (C=O) groups excluding carboxylic acids is 1. The van der Waals surface area contributed by atoms with Crippen LogP contribution in [0.3, 0.4) is 0 Å². The van der Waals surface area contributed by atoms with Crippen LogP contribution >= 0.6 is 11.6 Å². The van der Waals surface area contributed by atoms with Gasteiger partial charge in [-0.1, -0.05) is 5.57 Å². The van der Waals surface area contributed by atoms with Crippen LogP contribution in [0.25, 0.3) is 6.08 Å². The zero-order valence-corrected chi connectivity index (χ0v) is 8.80. The number of hydrogen-bond acceptors (Lipinski definition) is 3. The predicted molar refractivity (Wildman–Crippen MR) is 54.4 cm³/mol. The lowest BCUT2D eigenvalue weighted by atomic mass is 10.3. The van der Waals surface area contributed by atoms with Gasteiger partial charge in [0, 0.05) is 5.88 Å². The molecule has 76 valence electrons. The second-order valence-corrected chi connectivity index (χ2v) is 3.09. The highest BCUT2D eigenvalue weighted by molar-refractivity contribution is 6.19. The fraction of sp³-hybridized carbons (Fsp3) is 0.300. The second-order valence-electron chi connectivity index (χ2n) is 2.82. The van der Waals surface area contributed by atoms with Crippen LogP contribution in [-0.2, 0) is 4.74 Å². The Morgan fingerprint density at radius 2 is 2.36 bits per heavy atom. The third-order valence-corrected chi connectivity index (χ3v) is 2.03. The summed E-state index contributed by atoms with van der Waals surface area (Å²) in [5.41, 5.74) is 0.970. The third kappa shape index (κ3) is 2.64. The van der Waals surface area contributed by atoms with E-state index in [1.165, 1.54) is 7.11 Å². The molecule has 0 bridgehead atoms. The van der Waals surface area contributed by atoms with Crippen LogP contribution in [0, 0.1) is 0 Å². The number of allylic oxidation sites excluding steroid dienone is 1. The third-order valence-electron chi connectivity index (χ3n) is 1.61. The van der Waals surface area contributed by atoms with Gasteiger partial charge in [-0.15, -0.1) is 11.6 Å². The van der Waals surface area contributed by atoms with E-state index in [2.05, 4.69) is 4.74 Å². The summed E-state index contributed by atoms with van der Waals surface area (Å²) in [6, 6.07) is 3.27. The molecule has 0 radical (unpaired) electrons. The minimum atomic E-state index is -0.479. The molecule has 1 rings (SSSR count). The van der Waals surface area contributed by atoms with Gasteiger partial charge in [0.25, 0.3) is 0 Å². The van der Waals surface area contributed by atoms with Gasteiger partial charge in [0.2, 0.25) is 5.76 Å². The SMILES string of the molecule is COC(=O)c1ccc(C=C(C)CCl)o1. The average Bonchev–Trinajstić information content (AvgIpc) is 2.65. The van der Waals surface area contributed by atoms with Gasteiger partial charge in [-0.3, -0.25) is 0 Å². The lowest BCUT2D eigenvalue weighted by Crippen LogP contribution is -1.98. The largest absolute Gasteiger partial charge is 0.463 e. The highest BCUT2D eigenvalue weighted by Crippen LogP contribution is 2.13. The molecular weight excluding hydrogens is 204 g/mol. The molecule has 0 aliphatic heterocycles. The van der Waals surface area contributed by atoms with E-state index in [-0.39, 0.29) is 5.76 Å². The van der Waals surface area contributed by atoms with Crippen LogP contribution in [0.4, 0.5) is 0 Å². The Kier molecular flexibility index (Phi) is 3.77. The topological polar surface area (TPSA) is 39.4 Å². The number of alkyl halides is 1. The van der Waals surface area contributed by atoms with Crippen LogP contribution in [0.15, 0.2) is 22.1 Å². The summed E-state index contributed by atoms with van der Waals surface area (Å²) < 4.78 is 9.70. The quantitative estimate of drug-likeness (QED) is 0.574. The lowest BCUT2D eigenvalue weighted by Gasteiger charge is -1.93. The lowest BCUT2D eigenvalue weighted by molar-refractivity contribution is 0.0564. The average molecular weight is 215 g/mol. The van der Waals surface area contributed by atoms with Gasteiger partial charge in [-0.05, 0) is 25.1 Å². The summed E-state index contributed by atoms with van der Waals surface area (Å²) in [6.45, 7) is 1.88. The van der Waals surface area contributed by atoms with E-state index in [0.29, 0.717) is 11.6 Å². The molecule has 0 aliphatic rings. The molecule has 1 aromatic rings. The number of methoxy groups -OCH3 is 1. The summed E-state index contributed by atoms with van der Waals surface area (Å²) in [7, 11) is 1.31. The summed E-state index contributed by atoms with van der Waals surface area (Å²) in [6.07, 6.45) is 1.78. The molecule has 14 heavy (non-hydrogen) atoms. The van der Waals surface area contributed by atoms with Crippen molar-refractivity contribution in [1.82, 2.24) is 0 Å². The maximum Gasteiger partial charge on any atom is 0.373 e. The van der Waals surface area contributed by atoms with Gasteiger partial charge in [-0.25, -0.2) is 4.79 Å². The fourth-order valence-corrected chi connectivity index (χ4v) is 0.999. The van der Waals surface area contributed by atoms with E-state index in [1.807, 2.05) is 6.92 Å². The van der Waals surface area contributed by atoms with E-state index in [4.69, 9.17) is 16.0 Å². The van der Waals surface area contributed by atoms with Crippen LogP contribution < -0.4 is 0 Å². The van der Waals surface area contributed by atoms with Crippen molar-refractivity contribution in [1.29, 1.82) is 0 Å². The molecule has 0 aromatic carbocycles. The Labute approximate surface area is 87.3 Å². The number of furan rings is 1. The Balaban J connectivity index is 2.83. The molecule has 1 heterocycles. The van der Waals surface area contributed by atoms with Crippen molar-refractivity contribution in [3.63, 3.8) is 0 Å². The summed E-state index contributed by atoms with van der Waals surface area (Å²) in [5, 5.41) is 0. The number of rotatable bonds is 3. The van der Waals surface area contributed by atoms with E-state index in [0.717, 1.165) is 5.57 Å². The van der Waals surface area contributed by atoms with Gasteiger partial charge in [0.1, 0.15) is 5.76 Å². The monoisotopic (exact) mass is 214 g/mol. The molecule has 1 aromatic heterocycles. The zero-order chi connectivity index (χ0) is 10.6. The summed E-state index contributed by atoms with van der Waals surface area (Å²) in [4.78, 5) is 11.0. The Morgan fingerprint density at radius 3 is 2.93 bits per heavy atom. The Hall–Kier alpha value is -1.22. The van der Waals surface area contributed by atoms with Gasteiger partial charge >= 0.3 is 5.97 Å². The maximum absolute atomic E-state index is 11.0. The molecule has 3 nitrogen and oxygen atoms in total. The van der Waals surface area contributed by atoms with Crippen molar-refractivity contribution in [2.75, 3.05) is 13.0 Å². The standard InChI is InChI=1S/C10H11ClO3/c1-7(6-11)5-8-3-4-9(14-8)10(12)13-2/h3-5H,6H2,1-2H3. The van der Waals surface area contributed by atoms with Gasteiger partial charge in [0.15, 0.2) is 0 Å². The maximum atomic E-state index is 11.0. The summed E-state index contributed by atoms with van der Waals surface area (Å²) in [5.74, 6) is 0.756. The van der Waals surface area contributed by atoms with Crippen LogP contribution in [0.1, 0.15) is 23.2 Å². The van der Waals surface area contributed by atoms with E-state index in [9.17, 15) is 4.79 Å². The minimum Gasteiger partial charge on any atom is -0.463 e. The van der Waals surface area contributed by atoms with Crippen LogP contribution in [0.5, 0.6) is 0 Å². The van der Waals surface area contributed by atoms with Crippen molar-refractivity contribution in [2.24, 2.45) is 0 Å². The Morgan fingerprint density at radius 1 is 1.64 bits per heavy atom. The van der Waals surface area contributed by atoms with E-state index >= 15 is 0 Å². The first-order valence-corrected chi connectivity index (χ1v) is 4.62. The molecule has 0 fully saturated rings. The first kappa shape index (κ1) is 10.9. The number of hydrogen-bond donors (Lipinski definition) is 0. The Bertz CT molecular complexity index is 352. The first-order chi connectivity index (χ1) is 6.67. The van der Waals surface area contributed by atoms with Crippen LogP contribution in [0.2, 0.25) is 0 Å². The van der Waals surface area contributed by atoms with Gasteiger partial charge in [0.05, 0.1) is 7.11 Å². The molecule has 0 N–H and O–H groups in total. The normalized spacial score (nSPS) is 11.5. The molecule has 0 spiro atoms. The molecule has 0 atom stereocenters. The van der Waals surface area contributed by atoms with Crippen molar-refractivity contribution < 1.29 is 13.9 Å². The van der Waals surface area contributed by atoms with Gasteiger partial charge < -0.3 is 9.15 Å². The van der Waals surface area contributed by atoms with Crippen molar-refractivity contribution in [3.05, 3.63) is 29.2 Å². The van der Waals surface area contributed by atoms with Crippen molar-refractivity contribution in [2.45, 2.75) is 6.92 Å². The highest BCUT2D eigenvalue weighted by atomic mass is 35.5. The first-order valence-electron chi connectivity index (χ1n) is 4.08. The number of carbonyl (C=O) groups is 1. The summed E-state index contributed by atoms with van der Waals surface area (Å²) >= 11 is 5.60. The number of ether oxygens (including phenoxy) is 1. The molecule has 4 heteroatoms. The number of esters is 1.